The predicted octanol–water partition coefficient (Wildman–Crippen LogP) is 8.09. The van der Waals surface area contributed by atoms with Crippen LogP contribution < -0.4 is 10.6 Å². The van der Waals surface area contributed by atoms with Crippen LogP contribution in [0.25, 0.3) is 6.08 Å². The Morgan fingerprint density at radius 1 is 0.848 bits per heavy atom. The monoisotopic (exact) mass is 524 g/mol. The van der Waals surface area contributed by atoms with Crippen LogP contribution in [0.1, 0.15) is 54.3 Å². The Balaban J connectivity index is 1.55. The quantitative estimate of drug-likeness (QED) is 0.261. The maximum atomic E-state index is 2.56. The van der Waals surface area contributed by atoms with E-state index in [9.17, 15) is 0 Å². The van der Waals surface area contributed by atoms with Gasteiger partial charge in [-0.1, -0.05) is 0 Å². The van der Waals surface area contributed by atoms with Crippen LogP contribution in [0, 0.1) is 0 Å². The van der Waals surface area contributed by atoms with Crippen molar-refractivity contribution in [3.8, 4) is 0 Å². The molecule has 0 saturated carbocycles. The summed E-state index contributed by atoms with van der Waals surface area (Å²) in [5.41, 5.74) is 6.31. The summed E-state index contributed by atoms with van der Waals surface area (Å²) in [6, 6.07) is 31.7. The van der Waals surface area contributed by atoms with Gasteiger partial charge in [-0.3, -0.25) is 0 Å². The zero-order valence-corrected chi connectivity index (χ0v) is 22.9. The molecule has 164 valence electrons. The van der Waals surface area contributed by atoms with Gasteiger partial charge in [-0.05, 0) is 0 Å². The molecule has 0 nitrogen and oxygen atoms in total. The van der Waals surface area contributed by atoms with Gasteiger partial charge in [0.25, 0.3) is 0 Å². The summed E-state index contributed by atoms with van der Waals surface area (Å²) in [6.07, 6.45) is 10.2. The fourth-order valence-corrected chi connectivity index (χ4v) is 12.7. The van der Waals surface area contributed by atoms with Gasteiger partial charge in [0.05, 0.1) is 0 Å². The van der Waals surface area contributed by atoms with Crippen molar-refractivity contribution in [2.75, 3.05) is 0 Å². The minimum absolute atomic E-state index is 0.529. The van der Waals surface area contributed by atoms with Gasteiger partial charge in [-0.25, -0.2) is 0 Å². The summed E-state index contributed by atoms with van der Waals surface area (Å²) in [5, 5.41) is 4.62. The molecule has 0 radical (unpaired) electrons. The molecular formula is C31H31PZr. The number of benzene rings is 3. The van der Waals surface area contributed by atoms with E-state index < -0.39 is 31.2 Å². The first kappa shape index (κ1) is 23.0. The standard InChI is InChI=1S/C21H16P.C10H15.Zr/c1-3-11-19(12-4-1)22(20-13-5-2-6-14-20)21-15-17-9-7-8-10-18(17)16-21;1-3-4-7-10-8-5-6-9(10)2;/h1-16H;8H,3-5,7H2,1-2H3;. The molecule has 0 spiro atoms. The molecule has 3 aromatic rings. The first-order valence-corrected chi connectivity index (χ1v) is 16.1. The Bertz CT molecular complexity index is 1160. The topological polar surface area (TPSA) is 0 Å². The molecule has 2 aliphatic carbocycles. The summed E-state index contributed by atoms with van der Waals surface area (Å²) in [5.74, 6) is 0. The maximum absolute atomic E-state index is 2.56. The Morgan fingerprint density at radius 3 is 2.15 bits per heavy atom. The number of rotatable bonds is 8. The van der Waals surface area contributed by atoms with Crippen LogP contribution in [0.2, 0.25) is 0 Å². The Kier molecular flexibility index (Phi) is 7.40. The van der Waals surface area contributed by atoms with E-state index in [-0.39, 0.29) is 0 Å². The molecule has 0 fully saturated rings. The molecule has 1 atom stereocenters. The first-order chi connectivity index (χ1) is 16.3. The Labute approximate surface area is 211 Å². The normalized spacial score (nSPS) is 17.2. The SMILES string of the molecule is CCCCC1=CC[C]([Zr][CH]2C(P(c3ccccc3)c3ccccc3)=Cc3ccccc32)=C1C. The molecule has 2 aliphatic rings. The molecule has 33 heavy (non-hydrogen) atoms. The van der Waals surface area contributed by atoms with E-state index in [4.69, 9.17) is 0 Å². The van der Waals surface area contributed by atoms with Crippen molar-refractivity contribution in [1.29, 1.82) is 0 Å². The fourth-order valence-electron chi connectivity index (χ4n) is 4.98. The van der Waals surface area contributed by atoms with Crippen LogP contribution in [0.5, 0.6) is 0 Å². The van der Waals surface area contributed by atoms with Crippen LogP contribution in [0.15, 0.2) is 111 Å². The molecule has 0 aromatic heterocycles. The minimum atomic E-state index is -0.832. The zero-order chi connectivity index (χ0) is 22.6. The van der Waals surface area contributed by atoms with E-state index in [0.29, 0.717) is 3.63 Å². The summed E-state index contributed by atoms with van der Waals surface area (Å²) in [6.45, 7) is 4.71. The van der Waals surface area contributed by atoms with Crippen molar-refractivity contribution in [2.45, 2.75) is 43.2 Å². The van der Waals surface area contributed by atoms with Crippen molar-refractivity contribution in [3.05, 3.63) is 122 Å². The van der Waals surface area contributed by atoms with E-state index in [2.05, 4.69) is 111 Å². The van der Waals surface area contributed by atoms with Gasteiger partial charge in [-0.2, -0.15) is 0 Å². The van der Waals surface area contributed by atoms with Gasteiger partial charge in [0.2, 0.25) is 0 Å². The molecule has 3 aromatic carbocycles. The molecule has 0 aliphatic heterocycles. The third-order valence-corrected chi connectivity index (χ3v) is 14.4. The molecule has 1 unspecified atom stereocenters. The van der Waals surface area contributed by atoms with Crippen LogP contribution in [0.4, 0.5) is 0 Å². The molecule has 5 rings (SSSR count). The number of fused-ring (bicyclic) bond motifs is 1. The molecule has 0 bridgehead atoms. The Hall–Kier alpha value is -1.81. The zero-order valence-electron chi connectivity index (χ0n) is 19.6. The van der Waals surface area contributed by atoms with Crippen LogP contribution >= 0.6 is 7.92 Å². The molecule has 2 heteroatoms. The third-order valence-electron chi connectivity index (χ3n) is 6.80. The van der Waals surface area contributed by atoms with Crippen molar-refractivity contribution in [3.63, 3.8) is 0 Å². The van der Waals surface area contributed by atoms with Gasteiger partial charge in [0.15, 0.2) is 0 Å². The van der Waals surface area contributed by atoms with E-state index >= 15 is 0 Å². The van der Waals surface area contributed by atoms with Gasteiger partial charge >= 0.3 is 213 Å². The number of allylic oxidation sites excluding steroid dienone is 5. The Morgan fingerprint density at radius 2 is 1.48 bits per heavy atom. The average Bonchev–Trinajstić information content (AvgIpc) is 3.40. The van der Waals surface area contributed by atoms with E-state index in [0.717, 1.165) is 0 Å². The number of hydrogen-bond acceptors (Lipinski definition) is 0. The fraction of sp³-hybridized carbons (Fsp3) is 0.226. The van der Waals surface area contributed by atoms with Gasteiger partial charge in [0.1, 0.15) is 0 Å². The molecule has 0 amide bonds. The molecule has 0 heterocycles. The van der Waals surface area contributed by atoms with Crippen molar-refractivity contribution >= 4 is 24.6 Å². The van der Waals surface area contributed by atoms with Crippen LogP contribution in [-0.4, -0.2) is 0 Å². The predicted molar refractivity (Wildman–Crippen MR) is 141 cm³/mol. The summed E-state index contributed by atoms with van der Waals surface area (Å²) in [4.78, 5) is 0. The van der Waals surface area contributed by atoms with Crippen LogP contribution in [-0.2, 0) is 23.2 Å². The van der Waals surface area contributed by atoms with E-state index in [1.165, 1.54) is 41.9 Å². The second kappa shape index (κ2) is 10.6. The average molecular weight is 526 g/mol. The number of hydrogen-bond donors (Lipinski definition) is 0. The number of unbranched alkanes of at least 4 members (excludes halogenated alkanes) is 1. The van der Waals surface area contributed by atoms with E-state index in [1.807, 2.05) is 3.28 Å². The summed E-state index contributed by atoms with van der Waals surface area (Å²) >= 11 is -0.832. The molecule has 0 saturated heterocycles. The van der Waals surface area contributed by atoms with Crippen molar-refractivity contribution in [1.82, 2.24) is 0 Å². The van der Waals surface area contributed by atoms with Crippen molar-refractivity contribution < 1.29 is 23.2 Å². The first-order valence-electron chi connectivity index (χ1n) is 12.1. The third kappa shape index (κ3) is 4.87. The second-order valence-corrected chi connectivity index (χ2v) is 14.8. The van der Waals surface area contributed by atoms with Gasteiger partial charge in [-0.15, -0.1) is 0 Å². The molecule has 0 N–H and O–H groups in total. The van der Waals surface area contributed by atoms with Crippen molar-refractivity contribution in [2.24, 2.45) is 0 Å². The van der Waals surface area contributed by atoms with Crippen LogP contribution in [0.3, 0.4) is 0 Å². The van der Waals surface area contributed by atoms with Gasteiger partial charge in [0, 0.05) is 0 Å². The summed E-state index contributed by atoms with van der Waals surface area (Å²) < 4.78 is 2.44. The summed E-state index contributed by atoms with van der Waals surface area (Å²) in [7, 11) is -0.529. The molecular weight excluding hydrogens is 495 g/mol. The van der Waals surface area contributed by atoms with E-state index in [1.54, 1.807) is 22.0 Å². The van der Waals surface area contributed by atoms with Gasteiger partial charge < -0.3 is 0 Å². The second-order valence-electron chi connectivity index (χ2n) is 8.92.